The monoisotopic (exact) mass is 224 g/mol. The van der Waals surface area contributed by atoms with Crippen molar-refractivity contribution in [1.82, 2.24) is 4.90 Å². The highest BCUT2D eigenvalue weighted by molar-refractivity contribution is 7.07. The zero-order chi connectivity index (χ0) is 10.7. The Hall–Kier alpha value is -0.870. The molecule has 0 spiro atoms. The van der Waals surface area contributed by atoms with Crippen LogP contribution in [0, 0.1) is 0 Å². The average molecular weight is 224 g/mol. The first-order valence-corrected chi connectivity index (χ1v) is 6.26. The molecule has 1 amide bonds. The van der Waals surface area contributed by atoms with Crippen LogP contribution in [0.15, 0.2) is 16.8 Å². The van der Waals surface area contributed by atoms with Crippen molar-refractivity contribution in [3.05, 3.63) is 22.4 Å². The second kappa shape index (κ2) is 4.77. The molecular formula is C11H16N2OS. The van der Waals surface area contributed by atoms with Crippen molar-refractivity contribution in [3.8, 4) is 0 Å². The van der Waals surface area contributed by atoms with E-state index in [1.165, 1.54) is 18.4 Å². The zero-order valence-corrected chi connectivity index (χ0v) is 9.50. The lowest BCUT2D eigenvalue weighted by Gasteiger charge is -2.23. The summed E-state index contributed by atoms with van der Waals surface area (Å²) in [5.74, 6) is -0.203. The number of carbonyl (C=O) groups excluding carboxylic acids is 1. The minimum absolute atomic E-state index is 0.203. The number of amides is 1. The van der Waals surface area contributed by atoms with Gasteiger partial charge >= 0.3 is 0 Å². The van der Waals surface area contributed by atoms with Gasteiger partial charge < -0.3 is 5.73 Å². The van der Waals surface area contributed by atoms with E-state index in [0.717, 1.165) is 13.1 Å². The fourth-order valence-electron chi connectivity index (χ4n) is 2.19. The van der Waals surface area contributed by atoms with Gasteiger partial charge in [0.25, 0.3) is 0 Å². The highest BCUT2D eigenvalue weighted by atomic mass is 32.1. The molecule has 1 aliphatic heterocycles. The van der Waals surface area contributed by atoms with Crippen molar-refractivity contribution in [1.29, 1.82) is 0 Å². The molecule has 1 aliphatic rings. The normalized spacial score (nSPS) is 22.0. The maximum absolute atomic E-state index is 10.7. The summed E-state index contributed by atoms with van der Waals surface area (Å²) in [6, 6.07) is 2.69. The third kappa shape index (κ3) is 2.58. The smallest absolute Gasteiger partial charge is 0.218 e. The fourth-order valence-corrected chi connectivity index (χ4v) is 2.90. The third-order valence-corrected chi connectivity index (χ3v) is 3.64. The number of nitrogens with zero attached hydrogens (tertiary/aromatic N) is 1. The van der Waals surface area contributed by atoms with Gasteiger partial charge in [-0.2, -0.15) is 11.3 Å². The largest absolute Gasteiger partial charge is 0.370 e. The van der Waals surface area contributed by atoms with Gasteiger partial charge in [-0.3, -0.25) is 9.69 Å². The molecule has 2 heterocycles. The SMILES string of the molecule is NC(=O)CCN1CCC[C@@H]1c1ccsc1. The molecular weight excluding hydrogens is 208 g/mol. The summed E-state index contributed by atoms with van der Waals surface area (Å²) in [4.78, 5) is 13.1. The molecule has 1 atom stereocenters. The highest BCUT2D eigenvalue weighted by Crippen LogP contribution is 2.32. The van der Waals surface area contributed by atoms with Crippen molar-refractivity contribution in [2.24, 2.45) is 5.73 Å². The summed E-state index contributed by atoms with van der Waals surface area (Å²) in [7, 11) is 0. The zero-order valence-electron chi connectivity index (χ0n) is 8.69. The van der Waals surface area contributed by atoms with Crippen LogP contribution in [0.1, 0.15) is 30.9 Å². The van der Waals surface area contributed by atoms with Crippen LogP contribution in [-0.4, -0.2) is 23.9 Å². The van der Waals surface area contributed by atoms with Crippen LogP contribution >= 0.6 is 11.3 Å². The van der Waals surface area contributed by atoms with Gasteiger partial charge in [-0.15, -0.1) is 0 Å². The second-order valence-corrected chi connectivity index (χ2v) is 4.75. The van der Waals surface area contributed by atoms with Gasteiger partial charge in [0.15, 0.2) is 0 Å². The van der Waals surface area contributed by atoms with E-state index >= 15 is 0 Å². The number of nitrogens with two attached hydrogens (primary N) is 1. The van der Waals surface area contributed by atoms with E-state index in [1.54, 1.807) is 11.3 Å². The standard InChI is InChI=1S/C11H16N2OS/c12-11(14)3-6-13-5-1-2-10(13)9-4-7-15-8-9/h4,7-8,10H,1-3,5-6H2,(H2,12,14)/t10-/m1/s1. The molecule has 0 radical (unpaired) electrons. The van der Waals surface area contributed by atoms with Crippen molar-refractivity contribution in [2.75, 3.05) is 13.1 Å². The molecule has 1 saturated heterocycles. The molecule has 0 unspecified atom stereocenters. The maximum atomic E-state index is 10.7. The molecule has 82 valence electrons. The number of hydrogen-bond donors (Lipinski definition) is 1. The number of rotatable bonds is 4. The molecule has 3 nitrogen and oxygen atoms in total. The van der Waals surface area contributed by atoms with Gasteiger partial charge in [-0.05, 0) is 41.8 Å². The van der Waals surface area contributed by atoms with Crippen LogP contribution in [0.4, 0.5) is 0 Å². The minimum Gasteiger partial charge on any atom is -0.370 e. The Kier molecular flexibility index (Phi) is 3.38. The molecule has 0 aliphatic carbocycles. The Morgan fingerprint density at radius 1 is 1.67 bits per heavy atom. The molecule has 0 aromatic carbocycles. The average Bonchev–Trinajstić information content (AvgIpc) is 2.85. The lowest BCUT2D eigenvalue weighted by Crippen LogP contribution is -2.27. The summed E-state index contributed by atoms with van der Waals surface area (Å²) in [6.45, 7) is 1.89. The summed E-state index contributed by atoms with van der Waals surface area (Å²) >= 11 is 1.73. The Balaban J connectivity index is 1.96. The van der Waals surface area contributed by atoms with E-state index in [4.69, 9.17) is 5.73 Å². The molecule has 4 heteroatoms. The number of likely N-dealkylation sites (tertiary alicyclic amines) is 1. The number of primary amides is 1. The Bertz CT molecular complexity index is 323. The van der Waals surface area contributed by atoms with E-state index in [2.05, 4.69) is 21.7 Å². The van der Waals surface area contributed by atoms with Gasteiger partial charge in [-0.1, -0.05) is 0 Å². The highest BCUT2D eigenvalue weighted by Gasteiger charge is 2.25. The summed E-state index contributed by atoms with van der Waals surface area (Å²) in [5.41, 5.74) is 6.56. The van der Waals surface area contributed by atoms with Crippen LogP contribution in [0.2, 0.25) is 0 Å². The number of carbonyl (C=O) groups is 1. The molecule has 2 rings (SSSR count). The van der Waals surface area contributed by atoms with E-state index < -0.39 is 0 Å². The maximum Gasteiger partial charge on any atom is 0.218 e. The Labute approximate surface area is 93.9 Å². The van der Waals surface area contributed by atoms with E-state index in [0.29, 0.717) is 12.5 Å². The van der Waals surface area contributed by atoms with Gasteiger partial charge in [0.05, 0.1) is 0 Å². The third-order valence-electron chi connectivity index (χ3n) is 2.94. The first-order chi connectivity index (χ1) is 7.27. The Morgan fingerprint density at radius 2 is 2.53 bits per heavy atom. The predicted octanol–water partition coefficient (Wildman–Crippen LogP) is 1.76. The van der Waals surface area contributed by atoms with Crippen molar-refractivity contribution in [2.45, 2.75) is 25.3 Å². The first-order valence-electron chi connectivity index (χ1n) is 5.32. The van der Waals surface area contributed by atoms with Gasteiger partial charge in [0.1, 0.15) is 0 Å². The van der Waals surface area contributed by atoms with E-state index in [-0.39, 0.29) is 5.91 Å². The summed E-state index contributed by atoms with van der Waals surface area (Å²) in [6.07, 6.45) is 2.90. The first kappa shape index (κ1) is 10.6. The molecule has 0 bridgehead atoms. The lowest BCUT2D eigenvalue weighted by molar-refractivity contribution is -0.118. The summed E-state index contributed by atoms with van der Waals surface area (Å²) in [5, 5.41) is 4.31. The van der Waals surface area contributed by atoms with Crippen molar-refractivity contribution in [3.63, 3.8) is 0 Å². The predicted molar refractivity (Wildman–Crippen MR) is 61.7 cm³/mol. The van der Waals surface area contributed by atoms with Crippen LogP contribution in [0.3, 0.4) is 0 Å². The number of thiophene rings is 1. The van der Waals surface area contributed by atoms with Gasteiger partial charge in [0.2, 0.25) is 5.91 Å². The molecule has 1 fully saturated rings. The molecule has 2 N–H and O–H groups in total. The topological polar surface area (TPSA) is 46.3 Å². The molecule has 1 aromatic heterocycles. The van der Waals surface area contributed by atoms with Crippen molar-refractivity contribution >= 4 is 17.2 Å². The van der Waals surface area contributed by atoms with E-state index in [1.807, 2.05) is 0 Å². The van der Waals surface area contributed by atoms with Crippen LogP contribution in [0.5, 0.6) is 0 Å². The quantitative estimate of drug-likeness (QED) is 0.847. The van der Waals surface area contributed by atoms with Crippen molar-refractivity contribution < 1.29 is 4.79 Å². The second-order valence-electron chi connectivity index (χ2n) is 3.97. The van der Waals surface area contributed by atoms with E-state index in [9.17, 15) is 4.79 Å². The van der Waals surface area contributed by atoms with Crippen LogP contribution in [0.25, 0.3) is 0 Å². The van der Waals surface area contributed by atoms with Crippen LogP contribution < -0.4 is 5.73 Å². The molecule has 0 saturated carbocycles. The summed E-state index contributed by atoms with van der Waals surface area (Å²) < 4.78 is 0. The fraction of sp³-hybridized carbons (Fsp3) is 0.545. The molecule has 1 aromatic rings. The van der Waals surface area contributed by atoms with Gasteiger partial charge in [0, 0.05) is 19.0 Å². The number of hydrogen-bond acceptors (Lipinski definition) is 3. The molecule has 15 heavy (non-hydrogen) atoms. The van der Waals surface area contributed by atoms with Gasteiger partial charge in [-0.25, -0.2) is 0 Å². The minimum atomic E-state index is -0.203. The van der Waals surface area contributed by atoms with Crippen LogP contribution in [-0.2, 0) is 4.79 Å². The Morgan fingerprint density at radius 3 is 3.20 bits per heavy atom. The lowest BCUT2D eigenvalue weighted by atomic mass is 10.1.